The monoisotopic (exact) mass is 318 g/mol. The number of phenols is 2. The average molecular weight is 319 g/mol. The summed E-state index contributed by atoms with van der Waals surface area (Å²) in [5, 5.41) is 23.9. The van der Waals surface area contributed by atoms with Gasteiger partial charge in [0.25, 0.3) is 0 Å². The zero-order valence-corrected chi connectivity index (χ0v) is 13.8. The summed E-state index contributed by atoms with van der Waals surface area (Å²) in [4.78, 5) is 0. The van der Waals surface area contributed by atoms with E-state index in [-0.39, 0.29) is 22.6 Å². The van der Waals surface area contributed by atoms with Crippen LogP contribution in [0.5, 0.6) is 11.5 Å². The van der Waals surface area contributed by atoms with Gasteiger partial charge in [0.2, 0.25) is 0 Å². The number of hydrogen-bond donors (Lipinski definition) is 4. The number of rotatable bonds is 2. The molecule has 2 atom stereocenters. The van der Waals surface area contributed by atoms with E-state index >= 15 is 0 Å². The van der Waals surface area contributed by atoms with Gasteiger partial charge in [-0.2, -0.15) is 0 Å². The van der Waals surface area contributed by atoms with Crippen molar-refractivity contribution < 1.29 is 20.8 Å². The molecule has 0 amide bonds. The summed E-state index contributed by atoms with van der Waals surface area (Å²) in [7, 11) is 0. The highest BCUT2D eigenvalue weighted by Crippen LogP contribution is 2.36. The van der Waals surface area contributed by atoms with Crippen molar-refractivity contribution in [1.29, 1.82) is 0 Å². The summed E-state index contributed by atoms with van der Waals surface area (Å²) >= 11 is 8.26. The molecule has 6 heteroatoms. The van der Waals surface area contributed by atoms with Gasteiger partial charge in [0.05, 0.1) is 12.0 Å². The van der Waals surface area contributed by atoms with Crippen LogP contribution in [-0.4, -0.2) is 26.5 Å². The molecule has 1 fully saturated rings. The highest BCUT2D eigenvalue weighted by molar-refractivity contribution is 8.00. The van der Waals surface area contributed by atoms with E-state index in [1.165, 1.54) is 6.07 Å². The Bertz CT molecular complexity index is 526. The summed E-state index contributed by atoms with van der Waals surface area (Å²) in [5.41, 5.74) is 0.412. The topological polar surface area (TPSA) is 73.7 Å². The van der Waals surface area contributed by atoms with Gasteiger partial charge in [-0.1, -0.05) is 0 Å². The molecule has 1 aromatic carbocycles. The minimum Gasteiger partial charge on any atom is -0.508 e. The van der Waals surface area contributed by atoms with Gasteiger partial charge in [0.15, 0.2) is 0 Å². The number of nitrogens with two attached hydrogens (primary N) is 2. The van der Waals surface area contributed by atoms with Gasteiger partial charge in [0.1, 0.15) is 22.6 Å². The molecule has 1 aromatic rings. The smallest absolute Gasteiger partial charge is 0.349 e. The Kier molecular flexibility index (Phi) is 3.93. The van der Waals surface area contributed by atoms with E-state index in [1.54, 1.807) is 23.9 Å². The first-order chi connectivity index (χ1) is 9.09. The molecule has 4 nitrogen and oxygen atoms in total. The van der Waals surface area contributed by atoms with Gasteiger partial charge in [-0.05, 0) is 50.9 Å². The number of thioether (sulfide) groups is 1. The summed E-state index contributed by atoms with van der Waals surface area (Å²) in [5.74, 6) is 0.181. The van der Waals surface area contributed by atoms with Crippen LogP contribution in [0.4, 0.5) is 0 Å². The normalized spacial score (nSPS) is 33.0. The zero-order chi connectivity index (χ0) is 15.2. The van der Waals surface area contributed by atoms with Crippen LogP contribution in [0.3, 0.4) is 0 Å². The third-order valence-corrected chi connectivity index (χ3v) is 5.38. The molecule has 0 aliphatic carbocycles. The van der Waals surface area contributed by atoms with E-state index in [9.17, 15) is 10.2 Å². The van der Waals surface area contributed by atoms with Gasteiger partial charge >= 0.3 is 4.45 Å². The highest BCUT2D eigenvalue weighted by Gasteiger charge is 2.56. The van der Waals surface area contributed by atoms with Crippen LogP contribution in [0.1, 0.15) is 32.8 Å². The molecule has 6 N–H and O–H groups in total. The van der Waals surface area contributed by atoms with Crippen LogP contribution in [0.2, 0.25) is 0 Å². The maximum Gasteiger partial charge on any atom is 0.349 e. The first-order valence-electron chi connectivity index (χ1n) is 6.60. The zero-order valence-electron chi connectivity index (χ0n) is 12.3. The highest BCUT2D eigenvalue weighted by atomic mass is 35.5. The van der Waals surface area contributed by atoms with Crippen LogP contribution in [-0.2, 0) is 5.54 Å². The van der Waals surface area contributed by atoms with Crippen molar-refractivity contribution in [3.63, 3.8) is 0 Å². The lowest BCUT2D eigenvalue weighted by Crippen LogP contribution is -3.26. The van der Waals surface area contributed by atoms with E-state index in [4.69, 9.17) is 11.6 Å². The second kappa shape index (κ2) is 4.98. The van der Waals surface area contributed by atoms with Crippen LogP contribution < -0.4 is 10.6 Å². The number of aromatic hydroxyl groups is 2. The summed E-state index contributed by atoms with van der Waals surface area (Å²) in [6.07, 6.45) is 2.84. The molecule has 20 heavy (non-hydrogen) atoms. The molecular weight excluding hydrogens is 296 g/mol. The Morgan fingerprint density at radius 1 is 1.20 bits per heavy atom. The summed E-state index contributed by atoms with van der Waals surface area (Å²) in [6.45, 7) is 6.40. The second-order valence-electron chi connectivity index (χ2n) is 6.47. The fraction of sp³-hybridized carbons (Fsp3) is 0.571. The van der Waals surface area contributed by atoms with Gasteiger partial charge in [0, 0.05) is 17.7 Å². The third kappa shape index (κ3) is 3.01. The number of alkyl halides is 1. The molecule has 0 aromatic heterocycles. The quantitative estimate of drug-likeness (QED) is 0.482. The summed E-state index contributed by atoms with van der Waals surface area (Å²) in [6, 6.07) is 4.77. The number of quaternary nitrogens is 2. The van der Waals surface area contributed by atoms with Crippen molar-refractivity contribution >= 4 is 23.4 Å². The van der Waals surface area contributed by atoms with Crippen LogP contribution in [0.25, 0.3) is 0 Å². The SMILES string of the molecule is CS[C@@]1(Cl)[NH2+]C(C)(C)C[C@](C)(c2ccc(O)cc2O)[NH2+]1. The first-order valence-corrected chi connectivity index (χ1v) is 8.20. The van der Waals surface area contributed by atoms with Crippen molar-refractivity contribution in [2.45, 2.75) is 42.7 Å². The predicted octanol–water partition coefficient (Wildman–Crippen LogP) is 0.835. The van der Waals surface area contributed by atoms with Crippen molar-refractivity contribution in [1.82, 2.24) is 0 Å². The molecule has 0 bridgehead atoms. The Morgan fingerprint density at radius 3 is 2.40 bits per heavy atom. The fourth-order valence-corrected chi connectivity index (χ4v) is 4.70. The Hall–Kier alpha value is -0.620. The molecule has 1 aliphatic rings. The van der Waals surface area contributed by atoms with Gasteiger partial charge in [-0.15, -0.1) is 0 Å². The molecular formula is C14H23ClN2O2S+2. The molecule has 0 unspecified atom stereocenters. The largest absolute Gasteiger partial charge is 0.508 e. The van der Waals surface area contributed by atoms with Crippen molar-refractivity contribution in [3.8, 4) is 11.5 Å². The predicted molar refractivity (Wildman–Crippen MR) is 81.8 cm³/mol. The lowest BCUT2D eigenvalue weighted by Gasteiger charge is -2.45. The van der Waals surface area contributed by atoms with Crippen molar-refractivity contribution in [3.05, 3.63) is 23.8 Å². The molecule has 1 heterocycles. The molecule has 2 rings (SSSR count). The minimum absolute atomic E-state index is 0.0431. The van der Waals surface area contributed by atoms with E-state index in [1.807, 2.05) is 6.26 Å². The van der Waals surface area contributed by atoms with Crippen LogP contribution in [0.15, 0.2) is 18.2 Å². The standard InChI is InChI=1S/C14H21ClN2O2S/c1-12(2)8-13(3,17-14(15,16-12)20-4)10-6-5-9(18)7-11(10)19/h5-7,16-19H,8H2,1-4H3/p+2/t13-,14+/m1/s1. The van der Waals surface area contributed by atoms with Crippen molar-refractivity contribution in [2.75, 3.05) is 6.26 Å². The first kappa shape index (κ1) is 15.8. The third-order valence-electron chi connectivity index (χ3n) is 3.84. The maximum atomic E-state index is 10.2. The molecule has 0 saturated carbocycles. The minimum atomic E-state index is -0.555. The van der Waals surface area contributed by atoms with E-state index in [0.717, 1.165) is 12.0 Å². The van der Waals surface area contributed by atoms with E-state index in [0.29, 0.717) is 0 Å². The summed E-state index contributed by atoms with van der Waals surface area (Å²) < 4.78 is -0.555. The van der Waals surface area contributed by atoms with Gasteiger partial charge < -0.3 is 10.2 Å². The lowest BCUT2D eigenvalue weighted by atomic mass is 9.78. The van der Waals surface area contributed by atoms with Crippen LogP contribution in [0, 0.1) is 0 Å². The number of benzene rings is 1. The number of phenolic OH excluding ortho intramolecular Hbond substituents is 2. The Morgan fingerprint density at radius 2 is 1.85 bits per heavy atom. The van der Waals surface area contributed by atoms with Crippen LogP contribution >= 0.6 is 23.4 Å². The fourth-order valence-electron chi connectivity index (χ4n) is 3.35. The molecule has 0 spiro atoms. The second-order valence-corrected chi connectivity index (χ2v) is 8.41. The molecule has 0 radical (unpaired) electrons. The lowest BCUT2D eigenvalue weighted by molar-refractivity contribution is -0.978. The van der Waals surface area contributed by atoms with Gasteiger partial charge in [-0.3, -0.25) is 10.6 Å². The maximum absolute atomic E-state index is 10.2. The van der Waals surface area contributed by atoms with E-state index < -0.39 is 4.45 Å². The molecule has 1 saturated heterocycles. The molecule has 1 aliphatic heterocycles. The Labute approximate surface area is 128 Å². The molecule has 112 valence electrons. The van der Waals surface area contributed by atoms with Gasteiger partial charge in [-0.25, -0.2) is 0 Å². The van der Waals surface area contributed by atoms with Crippen molar-refractivity contribution in [2.24, 2.45) is 0 Å². The number of hydrogen-bond acceptors (Lipinski definition) is 3. The number of halogens is 1. The average Bonchev–Trinajstić information content (AvgIpc) is 2.25. The van der Waals surface area contributed by atoms with E-state index in [2.05, 4.69) is 31.4 Å². The Balaban J connectivity index is 2.46.